The van der Waals surface area contributed by atoms with Gasteiger partial charge in [0.05, 0.1) is 0 Å². The Bertz CT molecular complexity index is 444. The second kappa shape index (κ2) is 8.13. The maximum atomic E-state index is 3.66. The van der Waals surface area contributed by atoms with E-state index in [1.54, 1.807) is 0 Å². The molecule has 2 aromatic carbocycles. The van der Waals surface area contributed by atoms with Crippen molar-refractivity contribution in [2.24, 2.45) is 0 Å². The van der Waals surface area contributed by atoms with Gasteiger partial charge in [0.1, 0.15) is 0 Å². The zero-order chi connectivity index (χ0) is 14.2. The van der Waals surface area contributed by atoms with Crippen molar-refractivity contribution in [3.05, 3.63) is 71.8 Å². The molecule has 0 radical (unpaired) electrons. The van der Waals surface area contributed by atoms with Crippen LogP contribution >= 0.6 is 11.8 Å². The number of rotatable bonds is 7. The number of nitrogens with one attached hydrogen (secondary N) is 1. The van der Waals surface area contributed by atoms with Crippen LogP contribution in [0.5, 0.6) is 0 Å². The third-order valence-electron chi connectivity index (χ3n) is 3.49. The molecule has 0 bridgehead atoms. The molecule has 1 nitrogen and oxygen atoms in total. The molecule has 0 saturated carbocycles. The topological polar surface area (TPSA) is 12.0 Å². The molecule has 0 heterocycles. The van der Waals surface area contributed by atoms with Crippen molar-refractivity contribution < 1.29 is 0 Å². The number of hydrogen-bond acceptors (Lipinski definition) is 2. The smallest absolute Gasteiger partial charge is 0.0214 e. The van der Waals surface area contributed by atoms with Crippen molar-refractivity contribution in [1.29, 1.82) is 0 Å². The van der Waals surface area contributed by atoms with Gasteiger partial charge in [0.25, 0.3) is 0 Å². The molecule has 2 rings (SSSR count). The molecular weight excluding hydrogens is 262 g/mol. The van der Waals surface area contributed by atoms with Gasteiger partial charge in [-0.05, 0) is 24.3 Å². The fourth-order valence-electron chi connectivity index (χ4n) is 2.43. The van der Waals surface area contributed by atoms with E-state index in [-0.39, 0.29) is 0 Å². The van der Waals surface area contributed by atoms with Crippen LogP contribution in [0, 0.1) is 0 Å². The molecule has 106 valence electrons. The van der Waals surface area contributed by atoms with E-state index in [2.05, 4.69) is 79.2 Å². The molecule has 0 amide bonds. The van der Waals surface area contributed by atoms with E-state index in [0.29, 0.717) is 12.0 Å². The highest BCUT2D eigenvalue weighted by atomic mass is 32.2. The molecule has 0 saturated heterocycles. The van der Waals surface area contributed by atoms with Crippen LogP contribution in [0.15, 0.2) is 60.7 Å². The van der Waals surface area contributed by atoms with E-state index < -0.39 is 0 Å². The van der Waals surface area contributed by atoms with Crippen molar-refractivity contribution in [3.8, 4) is 0 Å². The Morgan fingerprint density at radius 3 is 1.85 bits per heavy atom. The Morgan fingerprint density at radius 2 is 1.40 bits per heavy atom. The third kappa shape index (κ3) is 4.39. The van der Waals surface area contributed by atoms with Crippen LogP contribution in [-0.4, -0.2) is 24.6 Å². The maximum Gasteiger partial charge on any atom is 0.0214 e. The Balaban J connectivity index is 2.13. The van der Waals surface area contributed by atoms with Crippen molar-refractivity contribution in [3.63, 3.8) is 0 Å². The van der Waals surface area contributed by atoms with Gasteiger partial charge in [0.15, 0.2) is 0 Å². The molecule has 0 spiro atoms. The fraction of sp³-hybridized carbons (Fsp3) is 0.333. The highest BCUT2D eigenvalue weighted by molar-refractivity contribution is 7.98. The van der Waals surface area contributed by atoms with E-state index in [1.807, 2.05) is 11.8 Å². The summed E-state index contributed by atoms with van der Waals surface area (Å²) in [6, 6.07) is 22.1. The van der Waals surface area contributed by atoms with Crippen molar-refractivity contribution in [2.75, 3.05) is 18.6 Å². The summed E-state index contributed by atoms with van der Waals surface area (Å²) in [5, 5.41) is 3.66. The highest BCUT2D eigenvalue weighted by Gasteiger charge is 2.14. The number of hydrogen-bond donors (Lipinski definition) is 1. The van der Waals surface area contributed by atoms with Crippen LogP contribution in [0.1, 0.15) is 24.0 Å². The molecule has 0 aliphatic rings. The van der Waals surface area contributed by atoms with E-state index in [9.17, 15) is 0 Å². The van der Waals surface area contributed by atoms with Crippen LogP contribution in [0.4, 0.5) is 0 Å². The molecule has 1 N–H and O–H groups in total. The minimum absolute atomic E-state index is 0.418. The van der Waals surface area contributed by atoms with Crippen LogP contribution in [-0.2, 0) is 0 Å². The summed E-state index contributed by atoms with van der Waals surface area (Å²) >= 11 is 1.89. The van der Waals surface area contributed by atoms with Crippen LogP contribution in [0.3, 0.4) is 0 Å². The van der Waals surface area contributed by atoms with Crippen molar-refractivity contribution in [1.82, 2.24) is 5.32 Å². The second-order valence-electron chi connectivity index (χ2n) is 5.14. The summed E-state index contributed by atoms with van der Waals surface area (Å²) in [4.78, 5) is 0. The molecule has 0 fully saturated rings. The van der Waals surface area contributed by atoms with Crippen LogP contribution in [0.25, 0.3) is 0 Å². The Hall–Kier alpha value is -1.25. The van der Waals surface area contributed by atoms with E-state index in [4.69, 9.17) is 0 Å². The predicted octanol–water partition coefficient (Wildman–Crippen LogP) is 4.16. The maximum absolute atomic E-state index is 3.66. The molecule has 1 unspecified atom stereocenters. The first-order chi connectivity index (χ1) is 9.81. The molecule has 1 atom stereocenters. The second-order valence-corrected chi connectivity index (χ2v) is 6.05. The first-order valence-electron chi connectivity index (χ1n) is 7.13. The van der Waals surface area contributed by atoms with Gasteiger partial charge in [-0.15, -0.1) is 0 Å². The molecular formula is C18H23NS. The summed E-state index contributed by atoms with van der Waals surface area (Å²) in [6.45, 7) is 3.24. The normalized spacial score (nSPS) is 12.6. The summed E-state index contributed by atoms with van der Waals surface area (Å²) in [6.07, 6.45) is 2.16. The first-order valence-corrected chi connectivity index (χ1v) is 8.53. The highest BCUT2D eigenvalue weighted by Crippen LogP contribution is 2.23. The summed E-state index contributed by atoms with van der Waals surface area (Å²) in [5.41, 5.74) is 2.75. The zero-order valence-corrected chi connectivity index (χ0v) is 13.1. The lowest BCUT2D eigenvalue weighted by atomic mass is 9.91. The average molecular weight is 285 g/mol. The van der Waals surface area contributed by atoms with E-state index in [1.165, 1.54) is 11.1 Å². The number of benzene rings is 2. The zero-order valence-electron chi connectivity index (χ0n) is 12.3. The van der Waals surface area contributed by atoms with E-state index in [0.717, 1.165) is 12.3 Å². The standard InChI is InChI=1S/C18H23NS/c1-15(14-20-2)19-13-18(16-9-5-3-6-10-16)17-11-7-4-8-12-17/h3-12,15,18-19H,13-14H2,1-2H3. The SMILES string of the molecule is CSCC(C)NCC(c1ccccc1)c1ccccc1. The molecule has 2 aromatic rings. The van der Waals surface area contributed by atoms with Gasteiger partial charge in [-0.25, -0.2) is 0 Å². The van der Waals surface area contributed by atoms with Crippen molar-refractivity contribution in [2.45, 2.75) is 18.9 Å². The minimum Gasteiger partial charge on any atom is -0.312 e. The lowest BCUT2D eigenvalue weighted by molar-refractivity contribution is 0.567. The Morgan fingerprint density at radius 1 is 0.900 bits per heavy atom. The largest absolute Gasteiger partial charge is 0.312 e. The van der Waals surface area contributed by atoms with Gasteiger partial charge in [-0.3, -0.25) is 0 Å². The summed E-state index contributed by atoms with van der Waals surface area (Å²) < 4.78 is 0. The fourth-order valence-corrected chi connectivity index (χ4v) is 3.04. The predicted molar refractivity (Wildman–Crippen MR) is 90.6 cm³/mol. The average Bonchev–Trinajstić information content (AvgIpc) is 2.50. The molecule has 0 aliphatic heterocycles. The van der Waals surface area contributed by atoms with Crippen LogP contribution in [0.2, 0.25) is 0 Å². The first kappa shape index (κ1) is 15.1. The number of thioether (sulfide) groups is 1. The Labute approximate surface area is 126 Å². The summed E-state index contributed by atoms with van der Waals surface area (Å²) in [7, 11) is 0. The molecule has 20 heavy (non-hydrogen) atoms. The van der Waals surface area contributed by atoms with Gasteiger partial charge in [-0.1, -0.05) is 60.7 Å². The Kier molecular flexibility index (Phi) is 6.16. The van der Waals surface area contributed by atoms with Gasteiger partial charge in [0.2, 0.25) is 0 Å². The van der Waals surface area contributed by atoms with E-state index >= 15 is 0 Å². The quantitative estimate of drug-likeness (QED) is 0.820. The van der Waals surface area contributed by atoms with Gasteiger partial charge < -0.3 is 5.32 Å². The lowest BCUT2D eigenvalue weighted by Gasteiger charge is -2.21. The van der Waals surface area contributed by atoms with Crippen molar-refractivity contribution >= 4 is 11.8 Å². The van der Waals surface area contributed by atoms with Crippen LogP contribution < -0.4 is 5.32 Å². The van der Waals surface area contributed by atoms with Gasteiger partial charge in [0, 0.05) is 24.3 Å². The molecule has 0 aromatic heterocycles. The summed E-state index contributed by atoms with van der Waals surface area (Å²) in [5.74, 6) is 1.57. The molecule has 0 aliphatic carbocycles. The van der Waals surface area contributed by atoms with Gasteiger partial charge in [-0.2, -0.15) is 11.8 Å². The third-order valence-corrected chi connectivity index (χ3v) is 4.32. The lowest BCUT2D eigenvalue weighted by Crippen LogP contribution is -2.32. The minimum atomic E-state index is 0.418. The van der Waals surface area contributed by atoms with Gasteiger partial charge >= 0.3 is 0 Å². The molecule has 2 heteroatoms. The monoisotopic (exact) mass is 285 g/mol.